The first-order valence-corrected chi connectivity index (χ1v) is 6.99. The molecule has 0 unspecified atom stereocenters. The highest BCUT2D eigenvalue weighted by Crippen LogP contribution is 2.31. The maximum Gasteiger partial charge on any atom is 0.275 e. The number of aromatic hydroxyl groups is 1. The molecule has 0 bridgehead atoms. The summed E-state index contributed by atoms with van der Waals surface area (Å²) < 4.78 is 13.5. The average Bonchev–Trinajstić information content (AvgIpc) is 2.45. The van der Waals surface area contributed by atoms with Crippen LogP contribution in [0.2, 0.25) is 15.1 Å². The number of carbonyl (C=O) groups excluding carboxylic acids is 1. The van der Waals surface area contributed by atoms with E-state index in [1.807, 2.05) is 0 Å². The molecule has 0 radical (unpaired) electrons. The maximum absolute atomic E-state index is 13.5. The Balaban J connectivity index is 2.19. The van der Waals surface area contributed by atoms with Gasteiger partial charge in [-0.3, -0.25) is 4.79 Å². The Morgan fingerprint density at radius 1 is 1.23 bits per heavy atom. The first kappa shape index (κ1) is 16.5. The van der Waals surface area contributed by atoms with Crippen LogP contribution in [0, 0.1) is 5.82 Å². The maximum atomic E-state index is 13.5. The second-order valence-corrected chi connectivity index (χ2v) is 5.37. The number of halogens is 4. The van der Waals surface area contributed by atoms with E-state index in [9.17, 15) is 14.3 Å². The summed E-state index contributed by atoms with van der Waals surface area (Å²) in [5.74, 6) is -1.77. The number of nitrogens with zero attached hydrogens (tertiary/aromatic N) is 1. The van der Waals surface area contributed by atoms with E-state index in [0.29, 0.717) is 0 Å². The summed E-state index contributed by atoms with van der Waals surface area (Å²) in [6.45, 7) is 0. The predicted molar refractivity (Wildman–Crippen MR) is 84.6 cm³/mol. The van der Waals surface area contributed by atoms with Gasteiger partial charge in [-0.25, -0.2) is 9.82 Å². The lowest BCUT2D eigenvalue weighted by Gasteiger charge is -2.05. The smallest absolute Gasteiger partial charge is 0.275 e. The second-order valence-electron chi connectivity index (χ2n) is 4.12. The number of phenolic OH excluding ortho intramolecular Hbond substituents is 1. The standard InChI is InChI=1S/C14H8Cl3FN2O2/c15-7-4-8(13(21)11(17)5-7)14(22)20-19-6-9-10(16)2-1-3-12(9)18/h1-6,21H,(H,20,22)/b19-6-. The SMILES string of the molecule is O=C(N/N=C\c1c(F)cccc1Cl)c1cc(Cl)cc(Cl)c1O. The van der Waals surface area contributed by atoms with Crippen molar-refractivity contribution in [3.8, 4) is 5.75 Å². The molecule has 0 fully saturated rings. The lowest BCUT2D eigenvalue weighted by Crippen LogP contribution is -2.18. The topological polar surface area (TPSA) is 61.7 Å². The van der Waals surface area contributed by atoms with Gasteiger partial charge in [0.15, 0.2) is 0 Å². The first-order chi connectivity index (χ1) is 10.4. The fourth-order valence-corrected chi connectivity index (χ4v) is 2.29. The van der Waals surface area contributed by atoms with Crippen LogP contribution in [0.15, 0.2) is 35.4 Å². The zero-order chi connectivity index (χ0) is 16.3. The summed E-state index contributed by atoms with van der Waals surface area (Å²) in [6, 6.07) is 6.65. The normalized spacial score (nSPS) is 10.9. The quantitative estimate of drug-likeness (QED) is 0.634. The molecular weight excluding hydrogens is 354 g/mol. The minimum Gasteiger partial charge on any atom is -0.506 e. The number of hydrogen-bond acceptors (Lipinski definition) is 3. The lowest BCUT2D eigenvalue weighted by molar-refractivity contribution is 0.0952. The Morgan fingerprint density at radius 3 is 2.64 bits per heavy atom. The van der Waals surface area contributed by atoms with Crippen LogP contribution >= 0.6 is 34.8 Å². The van der Waals surface area contributed by atoms with Crippen molar-refractivity contribution in [3.63, 3.8) is 0 Å². The molecule has 8 heteroatoms. The van der Waals surface area contributed by atoms with Crippen molar-refractivity contribution in [3.05, 3.63) is 62.3 Å². The van der Waals surface area contributed by atoms with E-state index >= 15 is 0 Å². The number of phenols is 1. The summed E-state index contributed by atoms with van der Waals surface area (Å²) in [6.07, 6.45) is 1.05. The number of nitrogens with one attached hydrogen (secondary N) is 1. The van der Waals surface area contributed by atoms with E-state index < -0.39 is 17.5 Å². The summed E-state index contributed by atoms with van der Waals surface area (Å²) in [4.78, 5) is 11.9. The number of rotatable bonds is 3. The summed E-state index contributed by atoms with van der Waals surface area (Å²) in [5, 5.41) is 13.6. The van der Waals surface area contributed by atoms with Crippen molar-refractivity contribution < 1.29 is 14.3 Å². The second kappa shape index (κ2) is 6.96. The number of hydrazone groups is 1. The van der Waals surface area contributed by atoms with E-state index in [1.165, 1.54) is 30.3 Å². The van der Waals surface area contributed by atoms with Crippen LogP contribution in [0.5, 0.6) is 5.75 Å². The summed E-state index contributed by atoms with van der Waals surface area (Å²) >= 11 is 17.3. The molecular formula is C14H8Cl3FN2O2. The van der Waals surface area contributed by atoms with Crippen LogP contribution in [0.4, 0.5) is 4.39 Å². The number of benzene rings is 2. The zero-order valence-electron chi connectivity index (χ0n) is 10.8. The van der Waals surface area contributed by atoms with Gasteiger partial charge in [0, 0.05) is 10.6 Å². The van der Waals surface area contributed by atoms with Gasteiger partial charge in [-0.1, -0.05) is 40.9 Å². The largest absolute Gasteiger partial charge is 0.506 e. The first-order valence-electron chi connectivity index (χ1n) is 5.85. The molecule has 2 rings (SSSR count). The third-order valence-corrected chi connectivity index (χ3v) is 3.47. The van der Waals surface area contributed by atoms with E-state index in [4.69, 9.17) is 34.8 Å². The van der Waals surface area contributed by atoms with Crippen LogP contribution < -0.4 is 5.43 Å². The third kappa shape index (κ3) is 3.68. The Morgan fingerprint density at radius 2 is 1.95 bits per heavy atom. The third-order valence-electron chi connectivity index (χ3n) is 2.63. The van der Waals surface area contributed by atoms with Gasteiger partial charge in [0.05, 0.1) is 21.8 Å². The molecule has 2 aromatic carbocycles. The van der Waals surface area contributed by atoms with Crippen LogP contribution in [-0.4, -0.2) is 17.2 Å². The van der Waals surface area contributed by atoms with Crippen LogP contribution in [0.25, 0.3) is 0 Å². The molecule has 0 aliphatic heterocycles. The van der Waals surface area contributed by atoms with Gasteiger partial charge >= 0.3 is 0 Å². The number of hydrogen-bond donors (Lipinski definition) is 2. The molecule has 0 spiro atoms. The Bertz CT molecular complexity index is 746. The minimum atomic E-state index is -0.759. The molecule has 0 aliphatic carbocycles. The van der Waals surface area contributed by atoms with E-state index in [2.05, 4.69) is 10.5 Å². The van der Waals surface area contributed by atoms with Crippen molar-refractivity contribution in [1.82, 2.24) is 5.43 Å². The van der Waals surface area contributed by atoms with Gasteiger partial charge in [-0.15, -0.1) is 0 Å². The van der Waals surface area contributed by atoms with E-state index in [0.717, 1.165) is 6.21 Å². The molecule has 22 heavy (non-hydrogen) atoms. The summed E-state index contributed by atoms with van der Waals surface area (Å²) in [7, 11) is 0. The van der Waals surface area contributed by atoms with Gasteiger partial charge in [0.2, 0.25) is 0 Å². The fourth-order valence-electron chi connectivity index (χ4n) is 1.59. The Hall–Kier alpha value is -1.82. The molecule has 0 saturated heterocycles. The van der Waals surface area contributed by atoms with Gasteiger partial charge in [-0.2, -0.15) is 5.10 Å². The highest BCUT2D eigenvalue weighted by atomic mass is 35.5. The van der Waals surface area contributed by atoms with Gasteiger partial charge < -0.3 is 5.11 Å². The molecule has 0 atom stereocenters. The monoisotopic (exact) mass is 360 g/mol. The van der Waals surface area contributed by atoms with E-state index in [-0.39, 0.29) is 26.2 Å². The molecule has 114 valence electrons. The van der Waals surface area contributed by atoms with Crippen molar-refractivity contribution >= 4 is 46.9 Å². The molecule has 0 heterocycles. The van der Waals surface area contributed by atoms with Crippen LogP contribution in [0.3, 0.4) is 0 Å². The number of carbonyl (C=O) groups is 1. The minimum absolute atomic E-state index is 0.0258. The van der Waals surface area contributed by atoms with Crippen molar-refractivity contribution in [1.29, 1.82) is 0 Å². The Kier molecular flexibility index (Phi) is 5.24. The lowest BCUT2D eigenvalue weighted by atomic mass is 10.2. The molecule has 2 N–H and O–H groups in total. The van der Waals surface area contributed by atoms with Gasteiger partial charge in [0.1, 0.15) is 11.6 Å². The van der Waals surface area contributed by atoms with E-state index in [1.54, 1.807) is 0 Å². The zero-order valence-corrected chi connectivity index (χ0v) is 13.0. The highest BCUT2D eigenvalue weighted by molar-refractivity contribution is 6.36. The Labute approximate surface area is 140 Å². The highest BCUT2D eigenvalue weighted by Gasteiger charge is 2.15. The van der Waals surface area contributed by atoms with Crippen LogP contribution in [0.1, 0.15) is 15.9 Å². The summed E-state index contributed by atoms with van der Waals surface area (Å²) in [5.41, 5.74) is 1.99. The molecule has 1 amide bonds. The number of amides is 1. The predicted octanol–water partition coefficient (Wildman–Crippen LogP) is 4.26. The van der Waals surface area contributed by atoms with Crippen LogP contribution in [-0.2, 0) is 0 Å². The molecule has 0 aliphatic rings. The van der Waals surface area contributed by atoms with Gasteiger partial charge in [0.25, 0.3) is 5.91 Å². The fraction of sp³-hybridized carbons (Fsp3) is 0. The average molecular weight is 362 g/mol. The molecule has 4 nitrogen and oxygen atoms in total. The molecule has 0 saturated carbocycles. The van der Waals surface area contributed by atoms with Crippen molar-refractivity contribution in [2.75, 3.05) is 0 Å². The van der Waals surface area contributed by atoms with Gasteiger partial charge in [-0.05, 0) is 24.3 Å². The molecule has 2 aromatic rings. The van der Waals surface area contributed by atoms with Crippen molar-refractivity contribution in [2.45, 2.75) is 0 Å². The molecule has 0 aromatic heterocycles. The van der Waals surface area contributed by atoms with Crippen molar-refractivity contribution in [2.24, 2.45) is 5.10 Å².